The Kier molecular flexibility index (Phi) is 4.97. The molecule has 0 unspecified atom stereocenters. The van der Waals surface area contributed by atoms with Crippen molar-refractivity contribution in [2.45, 2.75) is 6.42 Å². The molecule has 0 radical (unpaired) electrons. The third kappa shape index (κ3) is 3.93. The van der Waals surface area contributed by atoms with Crippen molar-refractivity contribution >= 4 is 34.0 Å². The Morgan fingerprint density at radius 3 is 2.55 bits per heavy atom. The van der Waals surface area contributed by atoms with Gasteiger partial charge in [-0.2, -0.15) is 14.6 Å². The van der Waals surface area contributed by atoms with E-state index in [2.05, 4.69) is 10.1 Å². The van der Waals surface area contributed by atoms with Gasteiger partial charge in [-0.15, -0.1) is 0 Å². The summed E-state index contributed by atoms with van der Waals surface area (Å²) < 4.78 is 7.41. The third-order valence-corrected chi connectivity index (χ3v) is 5.90. The van der Waals surface area contributed by atoms with Crippen molar-refractivity contribution in [2.24, 2.45) is 0 Å². The molecule has 0 atom stereocenters. The number of benzene rings is 2. The average Bonchev–Trinajstić information content (AvgIpc) is 3.35. The van der Waals surface area contributed by atoms with Crippen LogP contribution in [0, 0.1) is 0 Å². The Labute approximate surface area is 184 Å². The molecule has 0 saturated carbocycles. The molecule has 0 spiro atoms. The first-order chi connectivity index (χ1) is 15.1. The standard InChI is InChI=1S/C23H14ClN3O3S/c24-16-8-6-15(7-9-16)19-11-10-17(30-19)13-20-22(29)27-23(31-20)25-21(28)18(26-27)12-14-4-2-1-3-5-14/h1-11,13H,12H2. The summed E-state index contributed by atoms with van der Waals surface area (Å²) in [4.78, 5) is 29.5. The van der Waals surface area contributed by atoms with Crippen LogP contribution in [0.25, 0.3) is 22.4 Å². The maximum Gasteiger partial charge on any atom is 0.296 e. The van der Waals surface area contributed by atoms with Gasteiger partial charge in [0.05, 0.1) is 0 Å². The van der Waals surface area contributed by atoms with E-state index in [0.29, 0.717) is 27.5 Å². The Bertz CT molecular complexity index is 1550. The van der Waals surface area contributed by atoms with Crippen LogP contribution in [0.4, 0.5) is 0 Å². The number of hydrogen-bond donors (Lipinski definition) is 0. The van der Waals surface area contributed by atoms with E-state index in [1.54, 1.807) is 24.3 Å². The molecule has 0 aliphatic rings. The summed E-state index contributed by atoms with van der Waals surface area (Å²) in [6, 6.07) is 20.4. The number of hydrogen-bond acceptors (Lipinski definition) is 6. The van der Waals surface area contributed by atoms with Crippen LogP contribution in [-0.4, -0.2) is 14.6 Å². The van der Waals surface area contributed by atoms with Crippen molar-refractivity contribution in [3.8, 4) is 11.3 Å². The van der Waals surface area contributed by atoms with Crippen molar-refractivity contribution in [3.63, 3.8) is 0 Å². The van der Waals surface area contributed by atoms with E-state index < -0.39 is 5.56 Å². The zero-order chi connectivity index (χ0) is 21.4. The third-order valence-electron chi connectivity index (χ3n) is 4.69. The molecule has 6 nitrogen and oxygen atoms in total. The minimum absolute atomic E-state index is 0.230. The second-order valence-electron chi connectivity index (χ2n) is 6.85. The largest absolute Gasteiger partial charge is 0.457 e. The zero-order valence-corrected chi connectivity index (χ0v) is 17.6. The molecule has 0 aliphatic carbocycles. The van der Waals surface area contributed by atoms with Gasteiger partial charge in [0.2, 0.25) is 4.96 Å². The molecule has 0 N–H and O–H groups in total. The second-order valence-corrected chi connectivity index (χ2v) is 8.29. The summed E-state index contributed by atoms with van der Waals surface area (Å²) >= 11 is 7.03. The molecule has 0 saturated heterocycles. The number of fused-ring (bicyclic) bond motifs is 1. The van der Waals surface area contributed by atoms with Gasteiger partial charge in [0, 0.05) is 23.1 Å². The highest BCUT2D eigenvalue weighted by molar-refractivity contribution is 7.15. The second kappa shape index (κ2) is 7.94. The van der Waals surface area contributed by atoms with Crippen LogP contribution in [0.2, 0.25) is 5.02 Å². The topological polar surface area (TPSA) is 77.5 Å². The predicted octanol–water partition coefficient (Wildman–Crippen LogP) is 3.56. The fraction of sp³-hybridized carbons (Fsp3) is 0.0435. The number of halogens is 1. The van der Waals surface area contributed by atoms with Crippen molar-refractivity contribution < 1.29 is 4.42 Å². The Morgan fingerprint density at radius 2 is 1.77 bits per heavy atom. The number of aromatic nitrogens is 3. The van der Waals surface area contributed by atoms with Gasteiger partial charge in [0.15, 0.2) is 0 Å². The lowest BCUT2D eigenvalue weighted by Gasteiger charge is -1.99. The van der Waals surface area contributed by atoms with Gasteiger partial charge >= 0.3 is 0 Å². The lowest BCUT2D eigenvalue weighted by Crippen LogP contribution is -2.28. The molecule has 2 aromatic carbocycles. The number of nitrogens with zero attached hydrogens (tertiary/aromatic N) is 3. The Morgan fingerprint density at radius 1 is 1.00 bits per heavy atom. The van der Waals surface area contributed by atoms with E-state index in [1.165, 1.54) is 4.52 Å². The first-order valence-electron chi connectivity index (χ1n) is 9.41. The van der Waals surface area contributed by atoms with Gasteiger partial charge in [-0.25, -0.2) is 0 Å². The highest BCUT2D eigenvalue weighted by Gasteiger charge is 2.12. The van der Waals surface area contributed by atoms with E-state index in [1.807, 2.05) is 48.5 Å². The number of furan rings is 1. The maximum absolute atomic E-state index is 12.8. The fourth-order valence-corrected chi connectivity index (χ4v) is 4.18. The van der Waals surface area contributed by atoms with Gasteiger partial charge < -0.3 is 4.42 Å². The molecule has 0 fully saturated rings. The average molecular weight is 448 g/mol. The molecule has 0 amide bonds. The first kappa shape index (κ1) is 19.4. The van der Waals surface area contributed by atoms with Crippen molar-refractivity contribution in [1.82, 2.24) is 14.6 Å². The fourth-order valence-electron chi connectivity index (χ4n) is 3.17. The SMILES string of the molecule is O=c1nc2sc(=Cc3ccc(-c4ccc(Cl)cc4)o3)c(=O)n2nc1Cc1ccccc1. The lowest BCUT2D eigenvalue weighted by molar-refractivity contribution is 0.571. The van der Waals surface area contributed by atoms with Crippen LogP contribution in [0.5, 0.6) is 0 Å². The molecule has 3 aromatic heterocycles. The summed E-state index contributed by atoms with van der Waals surface area (Å²) in [5, 5.41) is 4.91. The molecule has 5 aromatic rings. The lowest BCUT2D eigenvalue weighted by atomic mass is 10.1. The number of rotatable bonds is 4. The highest BCUT2D eigenvalue weighted by Crippen LogP contribution is 2.24. The van der Waals surface area contributed by atoms with Gasteiger partial charge in [0.1, 0.15) is 21.7 Å². The molecule has 0 bridgehead atoms. The zero-order valence-electron chi connectivity index (χ0n) is 16.0. The van der Waals surface area contributed by atoms with Crippen LogP contribution in [0.3, 0.4) is 0 Å². The van der Waals surface area contributed by atoms with Crippen molar-refractivity contribution in [2.75, 3.05) is 0 Å². The van der Waals surface area contributed by atoms with Gasteiger partial charge in [-0.3, -0.25) is 9.59 Å². The van der Waals surface area contributed by atoms with Gasteiger partial charge in [-0.05, 0) is 42.0 Å². The normalized spacial score (nSPS) is 12.0. The molecule has 31 heavy (non-hydrogen) atoms. The minimum atomic E-state index is -0.431. The van der Waals surface area contributed by atoms with Crippen LogP contribution in [0.15, 0.2) is 80.7 Å². The van der Waals surface area contributed by atoms with Crippen LogP contribution in [0.1, 0.15) is 17.0 Å². The Balaban J connectivity index is 1.53. The smallest absolute Gasteiger partial charge is 0.296 e. The van der Waals surface area contributed by atoms with E-state index in [4.69, 9.17) is 16.0 Å². The summed E-state index contributed by atoms with van der Waals surface area (Å²) in [5.74, 6) is 1.17. The maximum atomic E-state index is 12.8. The molecule has 152 valence electrons. The van der Waals surface area contributed by atoms with Crippen molar-refractivity contribution in [1.29, 1.82) is 0 Å². The van der Waals surface area contributed by atoms with Crippen LogP contribution in [-0.2, 0) is 6.42 Å². The highest BCUT2D eigenvalue weighted by atomic mass is 35.5. The quantitative estimate of drug-likeness (QED) is 0.421. The van der Waals surface area contributed by atoms with Gasteiger partial charge in [0.25, 0.3) is 11.1 Å². The van der Waals surface area contributed by atoms with Gasteiger partial charge in [-0.1, -0.05) is 53.3 Å². The number of thiazole rings is 1. The summed E-state index contributed by atoms with van der Waals surface area (Å²) in [7, 11) is 0. The van der Waals surface area contributed by atoms with E-state index >= 15 is 0 Å². The van der Waals surface area contributed by atoms with E-state index in [9.17, 15) is 9.59 Å². The molecule has 5 rings (SSSR count). The van der Waals surface area contributed by atoms with Crippen molar-refractivity contribution in [3.05, 3.63) is 114 Å². The molecular weight excluding hydrogens is 434 g/mol. The molecule has 8 heteroatoms. The van der Waals surface area contributed by atoms with E-state index in [0.717, 1.165) is 22.5 Å². The molecular formula is C23H14ClN3O3S. The van der Waals surface area contributed by atoms with Crippen LogP contribution < -0.4 is 15.7 Å². The summed E-state index contributed by atoms with van der Waals surface area (Å²) in [6.07, 6.45) is 1.94. The minimum Gasteiger partial charge on any atom is -0.457 e. The first-order valence-corrected chi connectivity index (χ1v) is 10.6. The molecule has 3 heterocycles. The van der Waals surface area contributed by atoms with E-state index in [-0.39, 0.29) is 16.2 Å². The molecule has 0 aliphatic heterocycles. The monoisotopic (exact) mass is 447 g/mol. The summed E-state index contributed by atoms with van der Waals surface area (Å²) in [6.45, 7) is 0. The predicted molar refractivity (Wildman–Crippen MR) is 121 cm³/mol. The Hall–Kier alpha value is -3.55. The van der Waals surface area contributed by atoms with Crippen LogP contribution >= 0.6 is 22.9 Å². The summed E-state index contributed by atoms with van der Waals surface area (Å²) in [5.41, 5.74) is 1.26.